The predicted octanol–water partition coefficient (Wildman–Crippen LogP) is 1.30. The molecule has 0 saturated heterocycles. The Morgan fingerprint density at radius 1 is 1.11 bits per heavy atom. The Labute approximate surface area is 108 Å². The van der Waals surface area contributed by atoms with Gasteiger partial charge in [-0.1, -0.05) is 19.1 Å². The van der Waals surface area contributed by atoms with Crippen LogP contribution in [-0.4, -0.2) is 36.9 Å². The summed E-state index contributed by atoms with van der Waals surface area (Å²) in [5.74, 6) is -2.25. The van der Waals surface area contributed by atoms with E-state index in [1.54, 1.807) is 32.9 Å². The summed E-state index contributed by atoms with van der Waals surface area (Å²) < 4.78 is 9.77. The van der Waals surface area contributed by atoms with Crippen molar-refractivity contribution in [2.75, 3.05) is 19.8 Å². The molecule has 5 heteroatoms. The summed E-state index contributed by atoms with van der Waals surface area (Å²) >= 11 is 0. The maximum Gasteiger partial charge on any atom is 0.320 e. The molecule has 0 aliphatic heterocycles. The number of hydrogen-bond donors (Lipinski definition) is 1. The van der Waals surface area contributed by atoms with Gasteiger partial charge in [0.1, 0.15) is 0 Å². The first-order valence-electron chi connectivity index (χ1n) is 6.17. The van der Waals surface area contributed by atoms with E-state index in [2.05, 4.69) is 0 Å². The van der Waals surface area contributed by atoms with Crippen LogP contribution in [0.15, 0.2) is 12.2 Å². The van der Waals surface area contributed by atoms with Crippen LogP contribution in [0.2, 0.25) is 0 Å². The second-order valence-corrected chi connectivity index (χ2v) is 3.85. The molecular weight excluding hydrogens is 236 g/mol. The van der Waals surface area contributed by atoms with E-state index in [-0.39, 0.29) is 25.7 Å². The van der Waals surface area contributed by atoms with Crippen molar-refractivity contribution in [1.82, 2.24) is 0 Å². The van der Waals surface area contributed by atoms with Crippen LogP contribution in [0.3, 0.4) is 0 Å². The first-order valence-corrected chi connectivity index (χ1v) is 6.17. The van der Waals surface area contributed by atoms with Gasteiger partial charge in [0.25, 0.3) is 0 Å². The molecule has 0 unspecified atom stereocenters. The zero-order valence-corrected chi connectivity index (χ0v) is 11.2. The van der Waals surface area contributed by atoms with Gasteiger partial charge in [0, 0.05) is 0 Å². The lowest BCUT2D eigenvalue weighted by Crippen LogP contribution is -2.33. The second kappa shape index (κ2) is 9.65. The molecular formula is C13H22O5. The van der Waals surface area contributed by atoms with Crippen molar-refractivity contribution in [2.45, 2.75) is 27.2 Å². The summed E-state index contributed by atoms with van der Waals surface area (Å²) in [7, 11) is 0. The molecule has 0 amide bonds. The van der Waals surface area contributed by atoms with Crippen LogP contribution in [0.4, 0.5) is 0 Å². The van der Waals surface area contributed by atoms with Gasteiger partial charge in [0.15, 0.2) is 5.92 Å². The lowest BCUT2D eigenvalue weighted by Gasteiger charge is -2.19. The average Bonchev–Trinajstić information content (AvgIpc) is 2.30. The Morgan fingerprint density at radius 3 is 2.00 bits per heavy atom. The van der Waals surface area contributed by atoms with Gasteiger partial charge < -0.3 is 14.6 Å². The number of rotatable bonds is 8. The first kappa shape index (κ1) is 16.6. The second-order valence-electron chi connectivity index (χ2n) is 3.85. The zero-order valence-electron chi connectivity index (χ0n) is 11.2. The minimum atomic E-state index is -0.909. The van der Waals surface area contributed by atoms with Crippen LogP contribution >= 0.6 is 0 Å². The van der Waals surface area contributed by atoms with Crippen LogP contribution in [0.5, 0.6) is 0 Å². The number of aliphatic hydroxyl groups is 1. The molecule has 0 bridgehead atoms. The summed E-state index contributed by atoms with van der Waals surface area (Å²) in [5.41, 5.74) is 0. The van der Waals surface area contributed by atoms with Gasteiger partial charge in [-0.25, -0.2) is 0 Å². The van der Waals surface area contributed by atoms with E-state index in [0.29, 0.717) is 6.42 Å². The van der Waals surface area contributed by atoms with E-state index < -0.39 is 17.9 Å². The average molecular weight is 258 g/mol. The van der Waals surface area contributed by atoms with E-state index in [1.165, 1.54) is 0 Å². The van der Waals surface area contributed by atoms with Crippen LogP contribution in [0.1, 0.15) is 27.2 Å². The first-order chi connectivity index (χ1) is 8.58. The van der Waals surface area contributed by atoms with Crippen molar-refractivity contribution in [3.8, 4) is 0 Å². The normalized spacial score (nSPS) is 12.7. The fourth-order valence-electron chi connectivity index (χ4n) is 1.55. The highest BCUT2D eigenvalue weighted by molar-refractivity contribution is 5.95. The summed E-state index contributed by atoms with van der Waals surface area (Å²) in [4.78, 5) is 23.5. The molecule has 0 fully saturated rings. The maximum atomic E-state index is 11.7. The van der Waals surface area contributed by atoms with Crippen LogP contribution in [0, 0.1) is 11.8 Å². The van der Waals surface area contributed by atoms with Gasteiger partial charge in [-0.2, -0.15) is 0 Å². The van der Waals surface area contributed by atoms with Crippen molar-refractivity contribution in [3.63, 3.8) is 0 Å². The molecule has 0 aliphatic carbocycles. The number of ether oxygens (including phenoxy) is 2. The standard InChI is InChI=1S/C13H22O5/c1-4-17-12(15)11(13(16)18-5-2)10(3)8-6-7-9-14/h6-7,10-11,14H,4-5,8-9H2,1-3H3/b7-6+/t10-/m0/s1. The van der Waals surface area contributed by atoms with E-state index in [4.69, 9.17) is 14.6 Å². The molecule has 1 N–H and O–H groups in total. The quantitative estimate of drug-likeness (QED) is 0.403. The molecule has 0 radical (unpaired) electrons. The van der Waals surface area contributed by atoms with Crippen LogP contribution in [-0.2, 0) is 19.1 Å². The van der Waals surface area contributed by atoms with Crippen molar-refractivity contribution < 1.29 is 24.2 Å². The molecule has 0 heterocycles. The fourth-order valence-corrected chi connectivity index (χ4v) is 1.55. The third-order valence-corrected chi connectivity index (χ3v) is 2.43. The van der Waals surface area contributed by atoms with Crippen molar-refractivity contribution in [1.29, 1.82) is 0 Å². The molecule has 0 aromatic heterocycles. The highest BCUT2D eigenvalue weighted by Crippen LogP contribution is 2.19. The van der Waals surface area contributed by atoms with Gasteiger partial charge in [0.2, 0.25) is 0 Å². The highest BCUT2D eigenvalue weighted by atomic mass is 16.6. The lowest BCUT2D eigenvalue weighted by atomic mass is 9.91. The Balaban J connectivity index is 4.68. The monoisotopic (exact) mass is 258 g/mol. The molecule has 0 aliphatic rings. The highest BCUT2D eigenvalue weighted by Gasteiger charge is 2.34. The molecule has 0 aromatic carbocycles. The minimum Gasteiger partial charge on any atom is -0.465 e. The SMILES string of the molecule is CCOC(=O)C(C(=O)OCC)[C@@H](C)C/C=C/CO. The maximum absolute atomic E-state index is 11.7. The third-order valence-electron chi connectivity index (χ3n) is 2.43. The molecule has 0 rings (SSSR count). The topological polar surface area (TPSA) is 72.8 Å². The number of carbonyl (C=O) groups excluding carboxylic acids is 2. The molecule has 104 valence electrons. The number of carbonyl (C=O) groups is 2. The van der Waals surface area contributed by atoms with Gasteiger partial charge in [-0.3, -0.25) is 9.59 Å². The lowest BCUT2D eigenvalue weighted by molar-refractivity contribution is -0.164. The van der Waals surface area contributed by atoms with Crippen molar-refractivity contribution >= 4 is 11.9 Å². The Morgan fingerprint density at radius 2 is 1.61 bits per heavy atom. The van der Waals surface area contributed by atoms with Crippen LogP contribution in [0.25, 0.3) is 0 Å². The molecule has 5 nitrogen and oxygen atoms in total. The van der Waals surface area contributed by atoms with E-state index >= 15 is 0 Å². The molecule has 1 atom stereocenters. The number of esters is 2. The molecule has 18 heavy (non-hydrogen) atoms. The van der Waals surface area contributed by atoms with Crippen molar-refractivity contribution in [2.24, 2.45) is 11.8 Å². The Kier molecular flexibility index (Phi) is 8.92. The minimum absolute atomic E-state index is 0.0593. The number of aliphatic hydroxyl groups excluding tert-OH is 1. The molecule has 0 aromatic rings. The van der Waals surface area contributed by atoms with E-state index in [9.17, 15) is 9.59 Å². The van der Waals surface area contributed by atoms with E-state index in [1.807, 2.05) is 0 Å². The predicted molar refractivity (Wildman–Crippen MR) is 66.8 cm³/mol. The summed E-state index contributed by atoms with van der Waals surface area (Å²) in [6.07, 6.45) is 3.81. The van der Waals surface area contributed by atoms with Gasteiger partial charge in [-0.15, -0.1) is 0 Å². The molecule has 0 saturated carbocycles. The Hall–Kier alpha value is -1.36. The Bertz CT molecular complexity index is 267. The number of allylic oxidation sites excluding steroid dienone is 1. The van der Waals surface area contributed by atoms with Gasteiger partial charge in [-0.05, 0) is 26.2 Å². The van der Waals surface area contributed by atoms with Gasteiger partial charge >= 0.3 is 11.9 Å². The third kappa shape index (κ3) is 5.82. The largest absolute Gasteiger partial charge is 0.465 e. The summed E-state index contributed by atoms with van der Waals surface area (Å²) in [6, 6.07) is 0. The van der Waals surface area contributed by atoms with E-state index in [0.717, 1.165) is 0 Å². The smallest absolute Gasteiger partial charge is 0.320 e. The fraction of sp³-hybridized carbons (Fsp3) is 0.692. The zero-order chi connectivity index (χ0) is 14.0. The summed E-state index contributed by atoms with van der Waals surface area (Å²) in [5, 5.41) is 8.63. The van der Waals surface area contributed by atoms with Crippen LogP contribution < -0.4 is 0 Å². The van der Waals surface area contributed by atoms with Crippen molar-refractivity contribution in [3.05, 3.63) is 12.2 Å². The van der Waals surface area contributed by atoms with Gasteiger partial charge in [0.05, 0.1) is 19.8 Å². The number of hydrogen-bond acceptors (Lipinski definition) is 5. The summed E-state index contributed by atoms with van der Waals surface area (Å²) in [6.45, 7) is 5.56. The molecule has 0 spiro atoms.